The lowest BCUT2D eigenvalue weighted by Crippen LogP contribution is -2.50. The van der Waals surface area contributed by atoms with E-state index in [1.165, 1.54) is 23.7 Å². The Hall–Kier alpha value is -0.920. The Morgan fingerprint density at radius 1 is 1.40 bits per heavy atom. The average molecular weight is 298 g/mol. The topological polar surface area (TPSA) is 67.2 Å². The van der Waals surface area contributed by atoms with Gasteiger partial charge in [0.05, 0.1) is 6.20 Å². The summed E-state index contributed by atoms with van der Waals surface area (Å²) in [6.07, 6.45) is 5.71. The third-order valence-electron chi connectivity index (χ3n) is 4.52. The molecule has 0 amide bonds. The Morgan fingerprint density at radius 2 is 2.05 bits per heavy atom. The molecule has 2 saturated heterocycles. The quantitative estimate of drug-likeness (QED) is 0.889. The molecule has 2 fully saturated rings. The van der Waals surface area contributed by atoms with Crippen LogP contribution < -0.4 is 5.32 Å². The number of aryl methyl sites for hydroxylation is 1. The van der Waals surface area contributed by atoms with Gasteiger partial charge in [-0.2, -0.15) is 9.40 Å². The summed E-state index contributed by atoms with van der Waals surface area (Å²) in [4.78, 5) is 0. The maximum atomic E-state index is 12.8. The highest BCUT2D eigenvalue weighted by molar-refractivity contribution is 7.89. The van der Waals surface area contributed by atoms with E-state index in [1.54, 1.807) is 17.4 Å². The first-order valence-corrected chi connectivity index (χ1v) is 8.72. The highest BCUT2D eigenvalue weighted by Gasteiger charge is 2.40. The zero-order valence-corrected chi connectivity index (χ0v) is 12.8. The molecule has 3 heterocycles. The number of sulfonamides is 1. The van der Waals surface area contributed by atoms with Gasteiger partial charge >= 0.3 is 0 Å². The molecule has 3 rings (SSSR count). The van der Waals surface area contributed by atoms with E-state index in [2.05, 4.69) is 10.4 Å². The first kappa shape index (κ1) is 14.0. The van der Waals surface area contributed by atoms with E-state index in [0.717, 1.165) is 12.8 Å². The lowest BCUT2D eigenvalue weighted by atomic mass is 10.00. The van der Waals surface area contributed by atoms with Gasteiger partial charge in [0.25, 0.3) is 10.0 Å². The van der Waals surface area contributed by atoms with Crippen LogP contribution in [0.25, 0.3) is 0 Å². The Morgan fingerprint density at radius 3 is 2.55 bits per heavy atom. The van der Waals surface area contributed by atoms with Crippen LogP contribution in [0.1, 0.15) is 32.6 Å². The molecular formula is C13H22N4O2S. The minimum absolute atomic E-state index is 0.110. The molecule has 1 aromatic heterocycles. The summed E-state index contributed by atoms with van der Waals surface area (Å²) >= 11 is 0. The van der Waals surface area contributed by atoms with Crippen molar-refractivity contribution in [3.63, 3.8) is 0 Å². The summed E-state index contributed by atoms with van der Waals surface area (Å²) in [5, 5.41) is 7.83. The molecule has 2 atom stereocenters. The van der Waals surface area contributed by atoms with Crippen molar-refractivity contribution in [3.05, 3.63) is 12.3 Å². The molecule has 0 spiro atoms. The van der Waals surface area contributed by atoms with Crippen LogP contribution in [0.3, 0.4) is 0 Å². The second-order valence-electron chi connectivity index (χ2n) is 5.76. The van der Waals surface area contributed by atoms with Crippen molar-refractivity contribution in [3.8, 4) is 0 Å². The monoisotopic (exact) mass is 298 g/mol. The summed E-state index contributed by atoms with van der Waals surface area (Å²) in [6.45, 7) is 2.43. The zero-order valence-electron chi connectivity index (χ0n) is 12.0. The first-order valence-electron chi connectivity index (χ1n) is 7.28. The van der Waals surface area contributed by atoms with Gasteiger partial charge in [-0.25, -0.2) is 8.42 Å². The number of nitrogens with one attached hydrogen (secondary N) is 1. The van der Waals surface area contributed by atoms with E-state index in [-0.39, 0.29) is 11.1 Å². The Labute approximate surface area is 120 Å². The Balaban J connectivity index is 1.88. The molecule has 2 aliphatic rings. The molecule has 2 bridgehead atoms. The molecule has 20 heavy (non-hydrogen) atoms. The maximum absolute atomic E-state index is 12.8. The van der Waals surface area contributed by atoms with Gasteiger partial charge < -0.3 is 5.32 Å². The Bertz CT molecular complexity index is 571. The number of piperidine rings is 1. The van der Waals surface area contributed by atoms with Crippen molar-refractivity contribution >= 4 is 10.0 Å². The fraction of sp³-hybridized carbons (Fsp3) is 0.769. The third kappa shape index (κ3) is 2.27. The van der Waals surface area contributed by atoms with E-state index in [0.29, 0.717) is 18.6 Å². The van der Waals surface area contributed by atoms with Crippen LogP contribution in [0.5, 0.6) is 0 Å². The van der Waals surface area contributed by atoms with Crippen molar-refractivity contribution in [2.24, 2.45) is 7.05 Å². The van der Waals surface area contributed by atoms with Gasteiger partial charge in [0, 0.05) is 31.7 Å². The number of rotatable bonds is 4. The summed E-state index contributed by atoms with van der Waals surface area (Å²) in [6, 6.07) is 2.65. The van der Waals surface area contributed by atoms with Gasteiger partial charge in [-0.3, -0.25) is 4.68 Å². The smallest absolute Gasteiger partial charge is 0.260 e. The minimum atomic E-state index is -3.45. The molecule has 2 unspecified atom stereocenters. The largest absolute Gasteiger partial charge is 0.311 e. The van der Waals surface area contributed by atoms with Gasteiger partial charge in [0.1, 0.15) is 0 Å². The predicted octanol–water partition coefficient (Wildman–Crippen LogP) is 0.714. The third-order valence-corrected chi connectivity index (χ3v) is 6.62. The van der Waals surface area contributed by atoms with Gasteiger partial charge in [0.2, 0.25) is 0 Å². The van der Waals surface area contributed by atoms with Crippen LogP contribution >= 0.6 is 0 Å². The second kappa shape index (κ2) is 5.13. The van der Waals surface area contributed by atoms with Crippen LogP contribution in [0.15, 0.2) is 17.3 Å². The van der Waals surface area contributed by atoms with E-state index >= 15 is 0 Å². The molecular weight excluding hydrogens is 276 g/mol. The number of fused-ring (bicyclic) bond motifs is 2. The van der Waals surface area contributed by atoms with E-state index < -0.39 is 10.0 Å². The van der Waals surface area contributed by atoms with Crippen molar-refractivity contribution < 1.29 is 8.42 Å². The zero-order chi connectivity index (χ0) is 14.3. The second-order valence-corrected chi connectivity index (χ2v) is 7.60. The normalized spacial score (nSPS) is 30.1. The molecule has 2 aliphatic heterocycles. The van der Waals surface area contributed by atoms with Gasteiger partial charge in [-0.15, -0.1) is 0 Å². The highest BCUT2D eigenvalue weighted by atomic mass is 32.2. The van der Waals surface area contributed by atoms with E-state index in [1.807, 2.05) is 6.92 Å². The fourth-order valence-electron chi connectivity index (χ4n) is 3.62. The SMILES string of the molecule is CCN(C1CC2CCC(C1)N2)S(=O)(=O)c1ccnn1C. The van der Waals surface area contributed by atoms with Gasteiger partial charge in [-0.1, -0.05) is 6.92 Å². The van der Waals surface area contributed by atoms with Crippen LogP contribution in [0.4, 0.5) is 0 Å². The molecule has 0 aromatic carbocycles. The summed E-state index contributed by atoms with van der Waals surface area (Å²) in [7, 11) is -1.78. The number of nitrogens with zero attached hydrogens (tertiary/aromatic N) is 3. The minimum Gasteiger partial charge on any atom is -0.311 e. The molecule has 0 aliphatic carbocycles. The van der Waals surface area contributed by atoms with Crippen LogP contribution in [-0.2, 0) is 17.1 Å². The maximum Gasteiger partial charge on any atom is 0.260 e. The van der Waals surface area contributed by atoms with Crippen molar-refractivity contribution in [1.82, 2.24) is 19.4 Å². The van der Waals surface area contributed by atoms with E-state index in [9.17, 15) is 8.42 Å². The first-order chi connectivity index (χ1) is 9.52. The van der Waals surface area contributed by atoms with Crippen LogP contribution in [0.2, 0.25) is 0 Å². The molecule has 112 valence electrons. The number of hydrogen-bond acceptors (Lipinski definition) is 4. The lowest BCUT2D eigenvalue weighted by molar-refractivity contribution is 0.231. The molecule has 0 radical (unpaired) electrons. The van der Waals surface area contributed by atoms with E-state index in [4.69, 9.17) is 0 Å². The van der Waals surface area contributed by atoms with Gasteiger partial charge in [-0.05, 0) is 31.7 Å². The van der Waals surface area contributed by atoms with Crippen molar-refractivity contribution in [2.75, 3.05) is 6.54 Å². The van der Waals surface area contributed by atoms with Crippen LogP contribution in [0, 0.1) is 0 Å². The molecule has 7 heteroatoms. The van der Waals surface area contributed by atoms with Crippen LogP contribution in [-0.4, -0.2) is 47.2 Å². The summed E-state index contributed by atoms with van der Waals surface area (Å²) in [5.41, 5.74) is 0. The number of hydrogen-bond donors (Lipinski definition) is 1. The lowest BCUT2D eigenvalue weighted by Gasteiger charge is -2.36. The molecule has 0 saturated carbocycles. The standard InChI is InChI=1S/C13H22N4O2S/c1-3-17(12-8-10-4-5-11(9-12)15-10)20(18,19)13-6-7-14-16(13)2/h6-7,10-12,15H,3-5,8-9H2,1-2H3. The van der Waals surface area contributed by atoms with Crippen molar-refractivity contribution in [1.29, 1.82) is 0 Å². The average Bonchev–Trinajstić information content (AvgIpc) is 2.96. The fourth-order valence-corrected chi connectivity index (χ4v) is 5.38. The predicted molar refractivity (Wildman–Crippen MR) is 75.7 cm³/mol. The summed E-state index contributed by atoms with van der Waals surface area (Å²) < 4.78 is 28.7. The highest BCUT2D eigenvalue weighted by Crippen LogP contribution is 2.32. The van der Waals surface area contributed by atoms with Gasteiger partial charge in [0.15, 0.2) is 5.03 Å². The molecule has 1 aromatic rings. The summed E-state index contributed by atoms with van der Waals surface area (Å²) in [5.74, 6) is 0. The Kier molecular flexibility index (Phi) is 3.60. The van der Waals surface area contributed by atoms with Crippen molar-refractivity contribution in [2.45, 2.75) is 55.8 Å². The molecule has 1 N–H and O–H groups in total. The number of aromatic nitrogens is 2. The molecule has 6 nitrogen and oxygen atoms in total.